The van der Waals surface area contributed by atoms with Gasteiger partial charge in [-0.05, 0) is 81.3 Å². The Kier molecular flexibility index (Phi) is 6.97. The highest BCUT2D eigenvalue weighted by molar-refractivity contribution is 6.23. The number of nitrogens with zero attached hydrogens (tertiary/aromatic N) is 2. The first-order valence-corrected chi connectivity index (χ1v) is 11.8. The average molecular weight is 525 g/mol. The molecule has 0 atom stereocenters. The quantitative estimate of drug-likeness (QED) is 0.290. The topological polar surface area (TPSA) is 60.8 Å². The van der Waals surface area contributed by atoms with Crippen molar-refractivity contribution in [3.63, 3.8) is 0 Å². The maximum absolute atomic E-state index is 13.6. The molecule has 3 aromatic rings. The van der Waals surface area contributed by atoms with Gasteiger partial charge < -0.3 is 14.0 Å². The van der Waals surface area contributed by atoms with Gasteiger partial charge in [0.15, 0.2) is 0 Å². The van der Waals surface area contributed by atoms with Crippen molar-refractivity contribution in [1.29, 1.82) is 0 Å². The summed E-state index contributed by atoms with van der Waals surface area (Å²) in [5.74, 6) is -0.721. The Morgan fingerprint density at radius 1 is 0.974 bits per heavy atom. The van der Waals surface area contributed by atoms with Crippen molar-refractivity contribution < 1.29 is 32.2 Å². The summed E-state index contributed by atoms with van der Waals surface area (Å²) in [6, 6.07) is 12.1. The number of benzene rings is 2. The highest BCUT2D eigenvalue weighted by Crippen LogP contribution is 2.39. The lowest BCUT2D eigenvalue weighted by molar-refractivity contribution is -0.137. The predicted octanol–water partition coefficient (Wildman–Crippen LogP) is 6.31. The monoisotopic (exact) mass is 524 g/mol. The Labute approximate surface area is 218 Å². The van der Waals surface area contributed by atoms with E-state index in [0.717, 1.165) is 39.7 Å². The van der Waals surface area contributed by atoms with Crippen molar-refractivity contribution >= 4 is 23.6 Å². The lowest BCUT2D eigenvalue weighted by Gasteiger charge is -2.19. The highest BCUT2D eigenvalue weighted by atomic mass is 19.4. The van der Waals surface area contributed by atoms with Gasteiger partial charge in [0.2, 0.25) is 0 Å². The van der Waals surface area contributed by atoms with Crippen LogP contribution in [0.15, 0.2) is 65.4 Å². The molecular weight excluding hydrogens is 497 g/mol. The molecule has 4 rings (SSSR count). The first-order valence-electron chi connectivity index (χ1n) is 11.8. The van der Waals surface area contributed by atoms with Crippen LogP contribution in [0.1, 0.15) is 35.0 Å². The fourth-order valence-electron chi connectivity index (χ4n) is 4.75. The molecule has 0 N–H and O–H groups in total. The van der Waals surface area contributed by atoms with E-state index in [1.54, 1.807) is 13.2 Å². The van der Waals surface area contributed by atoms with Crippen LogP contribution in [-0.4, -0.2) is 30.7 Å². The zero-order chi connectivity index (χ0) is 27.9. The zero-order valence-electron chi connectivity index (χ0n) is 21.9. The molecule has 1 aliphatic rings. The van der Waals surface area contributed by atoms with Crippen LogP contribution in [0.4, 0.5) is 18.9 Å². The molecule has 2 aromatic carbocycles. The van der Waals surface area contributed by atoms with Gasteiger partial charge in [-0.15, -0.1) is 0 Å². The molecule has 0 bridgehead atoms. The standard InChI is InChI=1S/C29H27F3N2O4/c1-16-10-11-25(37-5)24(12-16)33-17(2)13-20(18(33)3)14-23-26(28(36)38-6)19(4)34(27(23)35)22-9-7-8-21(15-22)29(30,31)32/h7-15H,1-6H3/b23-14+. The number of ether oxygens (including phenoxy) is 2. The Balaban J connectivity index is 1.87. The summed E-state index contributed by atoms with van der Waals surface area (Å²) in [5, 5.41) is 0. The van der Waals surface area contributed by atoms with E-state index in [1.807, 2.05) is 49.6 Å². The molecule has 9 heteroatoms. The number of alkyl halides is 3. The first-order chi connectivity index (χ1) is 17.9. The van der Waals surface area contributed by atoms with Gasteiger partial charge in [0.25, 0.3) is 5.91 Å². The van der Waals surface area contributed by atoms with Crippen LogP contribution in [0.5, 0.6) is 5.75 Å². The lowest BCUT2D eigenvalue weighted by Crippen LogP contribution is -2.25. The number of aromatic nitrogens is 1. The molecule has 1 amide bonds. The third kappa shape index (κ3) is 4.60. The molecule has 0 saturated heterocycles. The van der Waals surface area contributed by atoms with Crippen LogP contribution in [0.25, 0.3) is 11.8 Å². The molecule has 1 aliphatic heterocycles. The number of hydrogen-bond acceptors (Lipinski definition) is 4. The molecule has 198 valence electrons. The van der Waals surface area contributed by atoms with Gasteiger partial charge in [-0.3, -0.25) is 9.69 Å². The molecule has 0 fully saturated rings. The molecule has 1 aromatic heterocycles. The fourth-order valence-corrected chi connectivity index (χ4v) is 4.75. The number of allylic oxidation sites excluding steroid dienone is 1. The van der Waals surface area contributed by atoms with Crippen LogP contribution >= 0.6 is 0 Å². The van der Waals surface area contributed by atoms with Gasteiger partial charge >= 0.3 is 12.1 Å². The lowest BCUT2D eigenvalue weighted by atomic mass is 10.0. The largest absolute Gasteiger partial charge is 0.495 e. The summed E-state index contributed by atoms with van der Waals surface area (Å²) >= 11 is 0. The smallest absolute Gasteiger partial charge is 0.416 e. The summed E-state index contributed by atoms with van der Waals surface area (Å²) in [7, 11) is 2.77. The molecule has 0 saturated carbocycles. The van der Waals surface area contributed by atoms with Crippen LogP contribution in [0, 0.1) is 20.8 Å². The maximum atomic E-state index is 13.6. The van der Waals surface area contributed by atoms with Gasteiger partial charge in [0.1, 0.15) is 5.75 Å². The van der Waals surface area contributed by atoms with E-state index in [-0.39, 0.29) is 22.5 Å². The number of anilines is 1. The van der Waals surface area contributed by atoms with E-state index in [1.165, 1.54) is 26.2 Å². The molecule has 2 heterocycles. The maximum Gasteiger partial charge on any atom is 0.416 e. The Morgan fingerprint density at radius 3 is 2.32 bits per heavy atom. The Bertz CT molecular complexity index is 1510. The number of halogens is 3. The summed E-state index contributed by atoms with van der Waals surface area (Å²) in [5.41, 5.74) is 3.46. The molecule has 38 heavy (non-hydrogen) atoms. The first kappa shape index (κ1) is 26.8. The molecule has 0 aliphatic carbocycles. The second-order valence-electron chi connectivity index (χ2n) is 9.04. The summed E-state index contributed by atoms with van der Waals surface area (Å²) in [6.07, 6.45) is -3.01. The van der Waals surface area contributed by atoms with Crippen LogP contribution in [0.2, 0.25) is 0 Å². The minimum atomic E-state index is -4.59. The second-order valence-corrected chi connectivity index (χ2v) is 9.04. The second kappa shape index (κ2) is 9.89. The summed E-state index contributed by atoms with van der Waals surface area (Å²) < 4.78 is 52.6. The normalized spacial score (nSPS) is 15.0. The van der Waals surface area contributed by atoms with Gasteiger partial charge in [0, 0.05) is 22.8 Å². The Morgan fingerprint density at radius 2 is 1.68 bits per heavy atom. The number of hydrogen-bond donors (Lipinski definition) is 0. The third-order valence-electron chi connectivity index (χ3n) is 6.57. The van der Waals surface area contributed by atoms with Crippen LogP contribution in [-0.2, 0) is 20.5 Å². The number of carbonyl (C=O) groups is 2. The van der Waals surface area contributed by atoms with Crippen LogP contribution < -0.4 is 9.64 Å². The average Bonchev–Trinajstić information content (AvgIpc) is 3.28. The van der Waals surface area contributed by atoms with E-state index in [0.29, 0.717) is 11.3 Å². The number of aryl methyl sites for hydroxylation is 2. The number of rotatable bonds is 5. The van der Waals surface area contributed by atoms with Gasteiger partial charge in [-0.2, -0.15) is 13.2 Å². The van der Waals surface area contributed by atoms with Gasteiger partial charge in [0.05, 0.1) is 36.6 Å². The summed E-state index contributed by atoms with van der Waals surface area (Å²) in [4.78, 5) is 27.5. The fraction of sp³-hybridized carbons (Fsp3) is 0.241. The van der Waals surface area contributed by atoms with E-state index >= 15 is 0 Å². The molecular formula is C29H27F3N2O4. The molecule has 0 radical (unpaired) electrons. The van der Waals surface area contributed by atoms with E-state index < -0.39 is 23.6 Å². The van der Waals surface area contributed by atoms with Crippen molar-refractivity contribution in [3.8, 4) is 11.4 Å². The predicted molar refractivity (Wildman–Crippen MR) is 138 cm³/mol. The minimum Gasteiger partial charge on any atom is -0.495 e. The third-order valence-corrected chi connectivity index (χ3v) is 6.57. The van der Waals surface area contributed by atoms with Gasteiger partial charge in [-0.25, -0.2) is 4.79 Å². The van der Waals surface area contributed by atoms with E-state index in [2.05, 4.69) is 0 Å². The van der Waals surface area contributed by atoms with E-state index in [9.17, 15) is 22.8 Å². The molecule has 6 nitrogen and oxygen atoms in total. The van der Waals surface area contributed by atoms with Crippen LogP contribution in [0.3, 0.4) is 0 Å². The Hall–Kier alpha value is -4.27. The van der Waals surface area contributed by atoms with Crippen molar-refractivity contribution in [2.24, 2.45) is 0 Å². The van der Waals surface area contributed by atoms with Crippen molar-refractivity contribution in [3.05, 3.63) is 93.5 Å². The SMILES string of the molecule is COC(=O)C1=C(C)N(c2cccc(C(F)(F)F)c2)C(=O)/C1=C/c1cc(C)n(-c2cc(C)ccc2OC)c1C. The van der Waals surface area contributed by atoms with Crippen molar-refractivity contribution in [1.82, 2.24) is 4.57 Å². The summed E-state index contributed by atoms with van der Waals surface area (Å²) in [6.45, 7) is 7.26. The van der Waals surface area contributed by atoms with Crippen molar-refractivity contribution in [2.75, 3.05) is 19.1 Å². The number of amides is 1. The number of methoxy groups -OCH3 is 2. The molecule has 0 unspecified atom stereocenters. The van der Waals surface area contributed by atoms with Crippen molar-refractivity contribution in [2.45, 2.75) is 33.9 Å². The number of esters is 1. The highest BCUT2D eigenvalue weighted by Gasteiger charge is 2.39. The number of carbonyl (C=O) groups excluding carboxylic acids is 2. The molecule has 0 spiro atoms. The zero-order valence-corrected chi connectivity index (χ0v) is 21.9. The minimum absolute atomic E-state index is 0.00194. The van der Waals surface area contributed by atoms with E-state index in [4.69, 9.17) is 9.47 Å². The van der Waals surface area contributed by atoms with Gasteiger partial charge in [-0.1, -0.05) is 12.1 Å².